The molecule has 2 N–H and O–H groups in total. The average Bonchev–Trinajstić information content (AvgIpc) is 2.29. The van der Waals surface area contributed by atoms with Gasteiger partial charge in [-0.05, 0) is 59.2 Å². The third kappa shape index (κ3) is 11.0. The molecule has 110 valence electrons. The van der Waals surface area contributed by atoms with E-state index >= 15 is 0 Å². The van der Waals surface area contributed by atoms with Crippen LogP contribution in [0.2, 0.25) is 0 Å². The van der Waals surface area contributed by atoms with Crippen molar-refractivity contribution < 1.29 is 4.74 Å². The van der Waals surface area contributed by atoms with E-state index in [9.17, 15) is 0 Å². The van der Waals surface area contributed by atoms with Crippen molar-refractivity contribution in [1.82, 2.24) is 4.90 Å². The minimum Gasteiger partial charge on any atom is -0.377 e. The molecule has 0 aliphatic rings. The first-order valence-corrected chi connectivity index (χ1v) is 7.60. The van der Waals surface area contributed by atoms with Crippen LogP contribution < -0.4 is 5.73 Å². The van der Waals surface area contributed by atoms with Crippen molar-refractivity contribution in [1.29, 1.82) is 0 Å². The summed E-state index contributed by atoms with van der Waals surface area (Å²) in [5.74, 6) is 0.834. The Morgan fingerprint density at radius 2 is 1.83 bits per heavy atom. The van der Waals surface area contributed by atoms with Crippen LogP contribution in [0.4, 0.5) is 0 Å². The molecule has 0 aromatic heterocycles. The van der Waals surface area contributed by atoms with Crippen LogP contribution in [0.25, 0.3) is 0 Å². The molecule has 3 heteroatoms. The number of likely N-dealkylation sites (N-methyl/N-ethyl adjacent to an activating group) is 1. The van der Waals surface area contributed by atoms with Gasteiger partial charge in [0.2, 0.25) is 0 Å². The molecule has 0 aliphatic heterocycles. The standard InChI is InChI=1S/C15H34N2O/c1-5-7-15(9-10-16)8-6-11-17(4)12-13-18-14(2)3/h14-15H,5-13,16H2,1-4H3. The van der Waals surface area contributed by atoms with Crippen LogP contribution in [0.15, 0.2) is 0 Å². The summed E-state index contributed by atoms with van der Waals surface area (Å²) < 4.78 is 5.56. The van der Waals surface area contributed by atoms with Gasteiger partial charge < -0.3 is 15.4 Å². The van der Waals surface area contributed by atoms with Crippen molar-refractivity contribution in [2.24, 2.45) is 11.7 Å². The van der Waals surface area contributed by atoms with Crippen molar-refractivity contribution in [2.75, 3.05) is 33.3 Å². The maximum atomic E-state index is 5.66. The highest BCUT2D eigenvalue weighted by molar-refractivity contribution is 4.61. The highest BCUT2D eigenvalue weighted by Gasteiger charge is 2.07. The lowest BCUT2D eigenvalue weighted by Gasteiger charge is -2.20. The maximum Gasteiger partial charge on any atom is 0.0596 e. The number of ether oxygens (including phenoxy) is 1. The number of nitrogens with zero attached hydrogens (tertiary/aromatic N) is 1. The lowest BCUT2D eigenvalue weighted by molar-refractivity contribution is 0.0634. The third-order valence-electron chi connectivity index (χ3n) is 3.35. The summed E-state index contributed by atoms with van der Waals surface area (Å²) in [4.78, 5) is 2.37. The van der Waals surface area contributed by atoms with Gasteiger partial charge in [0.25, 0.3) is 0 Å². The van der Waals surface area contributed by atoms with E-state index < -0.39 is 0 Å². The zero-order valence-electron chi connectivity index (χ0n) is 13.0. The Morgan fingerprint density at radius 1 is 1.11 bits per heavy atom. The Hall–Kier alpha value is -0.120. The lowest BCUT2D eigenvalue weighted by atomic mass is 9.94. The number of hydrogen-bond acceptors (Lipinski definition) is 3. The second-order valence-electron chi connectivity index (χ2n) is 5.60. The van der Waals surface area contributed by atoms with Gasteiger partial charge in [0.15, 0.2) is 0 Å². The molecule has 0 saturated heterocycles. The predicted octanol–water partition coefficient (Wildman–Crippen LogP) is 2.89. The smallest absolute Gasteiger partial charge is 0.0596 e. The van der Waals surface area contributed by atoms with E-state index in [1.807, 2.05) is 0 Å². The van der Waals surface area contributed by atoms with Crippen molar-refractivity contribution in [3.8, 4) is 0 Å². The third-order valence-corrected chi connectivity index (χ3v) is 3.35. The van der Waals surface area contributed by atoms with Gasteiger partial charge in [0.1, 0.15) is 0 Å². The average molecular weight is 258 g/mol. The summed E-state index contributed by atoms with van der Waals surface area (Å²) in [6, 6.07) is 0. The summed E-state index contributed by atoms with van der Waals surface area (Å²) in [5.41, 5.74) is 5.66. The Morgan fingerprint density at radius 3 is 2.39 bits per heavy atom. The fourth-order valence-electron chi connectivity index (χ4n) is 2.28. The molecule has 0 aromatic carbocycles. The second-order valence-corrected chi connectivity index (χ2v) is 5.60. The predicted molar refractivity (Wildman–Crippen MR) is 79.9 cm³/mol. The zero-order valence-corrected chi connectivity index (χ0v) is 13.0. The Bertz CT molecular complexity index is 168. The normalized spacial score (nSPS) is 13.5. The molecule has 0 saturated carbocycles. The molecule has 0 fully saturated rings. The molecule has 0 aromatic rings. The summed E-state index contributed by atoms with van der Waals surface area (Å²) in [5, 5.41) is 0. The molecule has 1 atom stereocenters. The van der Waals surface area contributed by atoms with Crippen LogP contribution in [0.5, 0.6) is 0 Å². The van der Waals surface area contributed by atoms with E-state index in [4.69, 9.17) is 10.5 Å². The van der Waals surface area contributed by atoms with E-state index in [0.717, 1.165) is 25.6 Å². The van der Waals surface area contributed by atoms with E-state index in [0.29, 0.717) is 6.10 Å². The highest BCUT2D eigenvalue weighted by atomic mass is 16.5. The molecule has 0 amide bonds. The quantitative estimate of drug-likeness (QED) is 0.585. The highest BCUT2D eigenvalue weighted by Crippen LogP contribution is 2.16. The summed E-state index contributed by atoms with van der Waals surface area (Å²) in [7, 11) is 2.18. The largest absolute Gasteiger partial charge is 0.377 e. The van der Waals surface area contributed by atoms with E-state index in [-0.39, 0.29) is 0 Å². The Labute approximate surface area is 114 Å². The van der Waals surface area contributed by atoms with Crippen molar-refractivity contribution in [3.63, 3.8) is 0 Å². The molecular formula is C15H34N2O. The molecule has 0 bridgehead atoms. The summed E-state index contributed by atoms with van der Waals surface area (Å²) >= 11 is 0. The van der Waals surface area contributed by atoms with Gasteiger partial charge in [-0.25, -0.2) is 0 Å². The van der Waals surface area contributed by atoms with Crippen LogP contribution in [-0.2, 0) is 4.74 Å². The van der Waals surface area contributed by atoms with E-state index in [2.05, 4.69) is 32.7 Å². The summed E-state index contributed by atoms with van der Waals surface area (Å²) in [6.45, 7) is 10.3. The van der Waals surface area contributed by atoms with Crippen LogP contribution in [0.1, 0.15) is 52.9 Å². The Kier molecular flexibility index (Phi) is 11.9. The first kappa shape index (κ1) is 17.9. The van der Waals surface area contributed by atoms with Crippen LogP contribution in [-0.4, -0.2) is 44.3 Å². The first-order valence-electron chi connectivity index (χ1n) is 7.60. The molecule has 0 radical (unpaired) electrons. The van der Waals surface area contributed by atoms with Gasteiger partial charge in [-0.2, -0.15) is 0 Å². The number of hydrogen-bond donors (Lipinski definition) is 1. The van der Waals surface area contributed by atoms with Crippen LogP contribution in [0, 0.1) is 5.92 Å². The monoisotopic (exact) mass is 258 g/mol. The van der Waals surface area contributed by atoms with Gasteiger partial charge in [-0.1, -0.05) is 19.8 Å². The van der Waals surface area contributed by atoms with E-state index in [1.165, 1.54) is 38.6 Å². The SMILES string of the molecule is CCCC(CCN)CCCN(C)CCOC(C)C. The van der Waals surface area contributed by atoms with Crippen LogP contribution in [0.3, 0.4) is 0 Å². The minimum atomic E-state index is 0.344. The molecule has 0 spiro atoms. The van der Waals surface area contributed by atoms with Gasteiger partial charge in [0, 0.05) is 6.54 Å². The molecule has 1 unspecified atom stereocenters. The first-order chi connectivity index (χ1) is 8.60. The number of nitrogens with two attached hydrogens (primary N) is 1. The zero-order chi connectivity index (χ0) is 13.8. The van der Waals surface area contributed by atoms with Crippen LogP contribution >= 0.6 is 0 Å². The number of rotatable bonds is 12. The molecule has 0 heterocycles. The molecule has 3 nitrogen and oxygen atoms in total. The van der Waals surface area contributed by atoms with Crippen molar-refractivity contribution in [2.45, 2.75) is 59.0 Å². The lowest BCUT2D eigenvalue weighted by Crippen LogP contribution is -2.25. The van der Waals surface area contributed by atoms with Gasteiger partial charge in [0.05, 0.1) is 12.7 Å². The van der Waals surface area contributed by atoms with Crippen molar-refractivity contribution >= 4 is 0 Å². The molecule has 18 heavy (non-hydrogen) atoms. The molecular weight excluding hydrogens is 224 g/mol. The molecule has 0 rings (SSSR count). The fraction of sp³-hybridized carbons (Fsp3) is 1.00. The second kappa shape index (κ2) is 11.9. The topological polar surface area (TPSA) is 38.5 Å². The van der Waals surface area contributed by atoms with Gasteiger partial charge >= 0.3 is 0 Å². The molecule has 0 aliphatic carbocycles. The van der Waals surface area contributed by atoms with E-state index in [1.54, 1.807) is 0 Å². The maximum absolute atomic E-state index is 5.66. The summed E-state index contributed by atoms with van der Waals surface area (Å²) in [6.07, 6.45) is 6.74. The van der Waals surface area contributed by atoms with Gasteiger partial charge in [-0.3, -0.25) is 0 Å². The van der Waals surface area contributed by atoms with Gasteiger partial charge in [-0.15, -0.1) is 0 Å². The minimum absolute atomic E-state index is 0.344. The van der Waals surface area contributed by atoms with Crippen molar-refractivity contribution in [3.05, 3.63) is 0 Å². The Balaban J connectivity index is 3.54. The fourth-order valence-corrected chi connectivity index (χ4v) is 2.28.